The Kier molecular flexibility index (Phi) is 3.40. The molecule has 1 rings (SSSR count). The normalized spacial score (nSPS) is 9.79. The number of benzene rings is 1. The average molecular weight is 192 g/mol. The lowest BCUT2D eigenvalue weighted by Crippen LogP contribution is -2.05. The molecule has 0 atom stereocenters. The molecule has 74 valence electrons. The van der Waals surface area contributed by atoms with E-state index in [9.17, 15) is 9.59 Å². The van der Waals surface area contributed by atoms with Crippen LogP contribution >= 0.6 is 0 Å². The van der Waals surface area contributed by atoms with Crippen LogP contribution in [0.2, 0.25) is 0 Å². The van der Waals surface area contributed by atoms with E-state index in [4.69, 9.17) is 5.11 Å². The molecule has 0 saturated carbocycles. The van der Waals surface area contributed by atoms with Crippen molar-refractivity contribution >= 4 is 12.3 Å². The summed E-state index contributed by atoms with van der Waals surface area (Å²) >= 11 is 0. The summed E-state index contributed by atoms with van der Waals surface area (Å²) < 4.78 is 0. The van der Waals surface area contributed by atoms with E-state index in [1.165, 1.54) is 6.07 Å². The van der Waals surface area contributed by atoms with Crippen LogP contribution in [-0.2, 0) is 6.42 Å². The Balaban J connectivity index is 3.24. The van der Waals surface area contributed by atoms with Gasteiger partial charge in [0.1, 0.15) is 0 Å². The fourth-order valence-corrected chi connectivity index (χ4v) is 1.43. The molecule has 3 heteroatoms. The number of aromatic carboxylic acids is 1. The monoisotopic (exact) mass is 192 g/mol. The Morgan fingerprint density at radius 1 is 1.50 bits per heavy atom. The molecule has 0 saturated heterocycles. The largest absolute Gasteiger partial charge is 0.478 e. The number of hydrogen-bond donors (Lipinski definition) is 1. The number of carboxylic acid groups (broad SMARTS) is 1. The van der Waals surface area contributed by atoms with Gasteiger partial charge in [0, 0.05) is 5.56 Å². The van der Waals surface area contributed by atoms with Crippen molar-refractivity contribution in [2.45, 2.75) is 19.8 Å². The summed E-state index contributed by atoms with van der Waals surface area (Å²) in [6, 6.07) is 4.91. The molecule has 0 spiro atoms. The molecule has 0 amide bonds. The van der Waals surface area contributed by atoms with Crippen molar-refractivity contribution < 1.29 is 14.7 Å². The zero-order valence-electron chi connectivity index (χ0n) is 7.99. The zero-order valence-corrected chi connectivity index (χ0v) is 7.99. The van der Waals surface area contributed by atoms with Gasteiger partial charge in [0.15, 0.2) is 6.29 Å². The molecular weight excluding hydrogens is 180 g/mol. The molecule has 3 nitrogen and oxygen atoms in total. The number of carbonyl (C=O) groups excluding carboxylic acids is 1. The predicted molar refractivity (Wildman–Crippen MR) is 52.8 cm³/mol. The van der Waals surface area contributed by atoms with Gasteiger partial charge in [-0.2, -0.15) is 0 Å². The minimum absolute atomic E-state index is 0.0888. The Hall–Kier alpha value is -1.64. The number of carboxylic acids is 1. The van der Waals surface area contributed by atoms with Crippen molar-refractivity contribution in [3.05, 3.63) is 34.9 Å². The molecule has 0 aliphatic heterocycles. The first-order chi connectivity index (χ1) is 6.70. The van der Waals surface area contributed by atoms with E-state index >= 15 is 0 Å². The molecule has 0 radical (unpaired) electrons. The van der Waals surface area contributed by atoms with E-state index in [-0.39, 0.29) is 5.56 Å². The van der Waals surface area contributed by atoms with Crippen LogP contribution in [0.25, 0.3) is 0 Å². The maximum Gasteiger partial charge on any atom is 0.336 e. The van der Waals surface area contributed by atoms with E-state index in [1.54, 1.807) is 12.1 Å². The van der Waals surface area contributed by atoms with Crippen LogP contribution in [-0.4, -0.2) is 17.4 Å². The topological polar surface area (TPSA) is 54.4 Å². The quantitative estimate of drug-likeness (QED) is 0.743. The van der Waals surface area contributed by atoms with Crippen molar-refractivity contribution in [1.82, 2.24) is 0 Å². The van der Waals surface area contributed by atoms with Gasteiger partial charge in [-0.25, -0.2) is 4.79 Å². The van der Waals surface area contributed by atoms with Crippen molar-refractivity contribution in [3.8, 4) is 0 Å². The second-order valence-corrected chi connectivity index (χ2v) is 3.05. The Labute approximate surface area is 82.4 Å². The van der Waals surface area contributed by atoms with Gasteiger partial charge >= 0.3 is 5.97 Å². The van der Waals surface area contributed by atoms with Gasteiger partial charge in [0.2, 0.25) is 0 Å². The van der Waals surface area contributed by atoms with Crippen LogP contribution in [0, 0.1) is 0 Å². The highest BCUT2D eigenvalue weighted by molar-refractivity contribution is 5.98. The van der Waals surface area contributed by atoms with E-state index in [0.717, 1.165) is 18.4 Å². The second-order valence-electron chi connectivity index (χ2n) is 3.05. The number of aryl methyl sites for hydroxylation is 1. The predicted octanol–water partition coefficient (Wildman–Crippen LogP) is 2.15. The van der Waals surface area contributed by atoms with Crippen LogP contribution in [0.4, 0.5) is 0 Å². The molecule has 0 fully saturated rings. The maximum atomic E-state index is 10.8. The highest BCUT2D eigenvalue weighted by atomic mass is 16.4. The lowest BCUT2D eigenvalue weighted by Gasteiger charge is -2.05. The third kappa shape index (κ3) is 1.99. The fraction of sp³-hybridized carbons (Fsp3) is 0.273. The summed E-state index contributed by atoms with van der Waals surface area (Å²) in [6.45, 7) is 1.99. The highest BCUT2D eigenvalue weighted by Gasteiger charge is 2.12. The third-order valence-electron chi connectivity index (χ3n) is 2.06. The fourth-order valence-electron chi connectivity index (χ4n) is 1.43. The van der Waals surface area contributed by atoms with Crippen molar-refractivity contribution in [2.75, 3.05) is 0 Å². The summed E-state index contributed by atoms with van der Waals surface area (Å²) in [5.41, 5.74) is 1.20. The van der Waals surface area contributed by atoms with E-state index in [1.807, 2.05) is 6.92 Å². The van der Waals surface area contributed by atoms with Crippen molar-refractivity contribution in [3.63, 3.8) is 0 Å². The lowest BCUT2D eigenvalue weighted by molar-refractivity contribution is 0.0694. The Morgan fingerprint density at radius 3 is 2.71 bits per heavy atom. The molecule has 0 aromatic heterocycles. The minimum Gasteiger partial charge on any atom is -0.478 e. The van der Waals surface area contributed by atoms with Crippen LogP contribution < -0.4 is 0 Å². The van der Waals surface area contributed by atoms with E-state index in [2.05, 4.69) is 0 Å². The molecule has 0 aliphatic rings. The number of hydrogen-bond acceptors (Lipinski definition) is 2. The summed E-state index contributed by atoms with van der Waals surface area (Å²) in [4.78, 5) is 21.5. The summed E-state index contributed by atoms with van der Waals surface area (Å²) in [5, 5.41) is 8.83. The van der Waals surface area contributed by atoms with Crippen LogP contribution in [0.3, 0.4) is 0 Å². The number of rotatable bonds is 4. The Bertz CT molecular complexity index is 356. The molecule has 0 bridgehead atoms. The Morgan fingerprint density at radius 2 is 2.21 bits per heavy atom. The van der Waals surface area contributed by atoms with Gasteiger partial charge in [0.25, 0.3) is 0 Å². The summed E-state index contributed by atoms with van der Waals surface area (Å²) in [6.07, 6.45) is 2.24. The first-order valence-corrected chi connectivity index (χ1v) is 4.51. The lowest BCUT2D eigenvalue weighted by atomic mass is 9.99. The van der Waals surface area contributed by atoms with Crippen molar-refractivity contribution in [2.24, 2.45) is 0 Å². The van der Waals surface area contributed by atoms with E-state index < -0.39 is 5.97 Å². The maximum absolute atomic E-state index is 10.8. The zero-order chi connectivity index (χ0) is 10.6. The average Bonchev–Trinajstić information content (AvgIpc) is 2.18. The first kappa shape index (κ1) is 10.4. The molecule has 14 heavy (non-hydrogen) atoms. The van der Waals surface area contributed by atoms with Gasteiger partial charge < -0.3 is 5.11 Å². The van der Waals surface area contributed by atoms with Gasteiger partial charge in [-0.05, 0) is 18.1 Å². The minimum atomic E-state index is -1.05. The molecule has 1 aromatic carbocycles. The van der Waals surface area contributed by atoms with Crippen LogP contribution in [0.5, 0.6) is 0 Å². The van der Waals surface area contributed by atoms with Gasteiger partial charge in [-0.1, -0.05) is 25.5 Å². The van der Waals surface area contributed by atoms with Gasteiger partial charge in [-0.15, -0.1) is 0 Å². The molecule has 0 heterocycles. The third-order valence-corrected chi connectivity index (χ3v) is 2.06. The molecular formula is C11H12O3. The summed E-state index contributed by atoms with van der Waals surface area (Å²) in [5.74, 6) is -1.05. The van der Waals surface area contributed by atoms with Gasteiger partial charge in [0.05, 0.1) is 5.56 Å². The molecule has 1 aromatic rings. The number of carbonyl (C=O) groups is 2. The smallest absolute Gasteiger partial charge is 0.336 e. The van der Waals surface area contributed by atoms with Crippen LogP contribution in [0.15, 0.2) is 18.2 Å². The molecule has 0 aliphatic carbocycles. The molecule has 0 unspecified atom stereocenters. The number of aldehydes is 1. The van der Waals surface area contributed by atoms with E-state index in [0.29, 0.717) is 11.8 Å². The summed E-state index contributed by atoms with van der Waals surface area (Å²) in [7, 11) is 0. The van der Waals surface area contributed by atoms with Crippen LogP contribution in [0.1, 0.15) is 39.6 Å². The molecule has 1 N–H and O–H groups in total. The first-order valence-electron chi connectivity index (χ1n) is 4.51. The van der Waals surface area contributed by atoms with Crippen molar-refractivity contribution in [1.29, 1.82) is 0 Å². The SMILES string of the molecule is CCCc1cccc(C(=O)O)c1C=O. The van der Waals surface area contributed by atoms with Gasteiger partial charge in [-0.3, -0.25) is 4.79 Å². The standard InChI is InChI=1S/C11H12O3/c1-2-4-8-5-3-6-9(11(13)14)10(8)7-12/h3,5-7H,2,4H2,1H3,(H,13,14). The second kappa shape index (κ2) is 4.56. The highest BCUT2D eigenvalue weighted by Crippen LogP contribution is 2.14.